The Kier molecular flexibility index (Phi) is 4.14. The van der Waals surface area contributed by atoms with Crippen molar-refractivity contribution in [1.82, 2.24) is 0 Å². The minimum absolute atomic E-state index is 0.0377. The summed E-state index contributed by atoms with van der Waals surface area (Å²) in [5.74, 6) is -1.15. The third kappa shape index (κ3) is 2.49. The number of benzene rings is 1. The third-order valence-electron chi connectivity index (χ3n) is 5.59. The fourth-order valence-corrected chi connectivity index (χ4v) is 4.39. The molecule has 4 atom stereocenters. The van der Waals surface area contributed by atoms with Gasteiger partial charge >= 0.3 is 5.97 Å². The Balaban J connectivity index is 1.64. The molecule has 1 aromatic carbocycles. The number of hydrogen-bond acceptors (Lipinski definition) is 4. The highest BCUT2D eigenvalue weighted by Gasteiger charge is 2.67. The van der Waals surface area contributed by atoms with Gasteiger partial charge in [0.15, 0.2) is 0 Å². The van der Waals surface area contributed by atoms with Gasteiger partial charge in [0.25, 0.3) is 0 Å². The summed E-state index contributed by atoms with van der Waals surface area (Å²) in [6.07, 6.45) is 4.38. The molecule has 26 heavy (non-hydrogen) atoms. The number of esters is 1. The summed E-state index contributed by atoms with van der Waals surface area (Å²) in [7, 11) is 0. The highest BCUT2D eigenvalue weighted by molar-refractivity contribution is 6.03. The SMILES string of the molecule is CCc1ccccc1N1C[C@@]23C=C[C@H](O2)C(C(=O)OCC(C)C)[C@H]3C1=O. The molecule has 5 nitrogen and oxygen atoms in total. The number of hydrogen-bond donors (Lipinski definition) is 0. The molecule has 0 saturated carbocycles. The molecule has 1 aromatic rings. The van der Waals surface area contributed by atoms with Crippen LogP contribution in [0.2, 0.25) is 0 Å². The van der Waals surface area contributed by atoms with Crippen molar-refractivity contribution in [2.75, 3.05) is 18.1 Å². The summed E-state index contributed by atoms with van der Waals surface area (Å²) >= 11 is 0. The summed E-state index contributed by atoms with van der Waals surface area (Å²) in [6.45, 7) is 6.88. The largest absolute Gasteiger partial charge is 0.465 e. The van der Waals surface area contributed by atoms with E-state index < -0.39 is 17.4 Å². The Labute approximate surface area is 154 Å². The summed E-state index contributed by atoms with van der Waals surface area (Å²) < 4.78 is 11.6. The topological polar surface area (TPSA) is 55.8 Å². The molecule has 3 heterocycles. The molecule has 0 N–H and O–H groups in total. The number of ether oxygens (including phenoxy) is 2. The van der Waals surface area contributed by atoms with Gasteiger partial charge in [0.1, 0.15) is 11.5 Å². The number of carbonyl (C=O) groups excluding carboxylic acids is 2. The summed E-state index contributed by atoms with van der Waals surface area (Å²) in [5, 5.41) is 0. The minimum Gasteiger partial charge on any atom is -0.465 e. The van der Waals surface area contributed by atoms with Crippen molar-refractivity contribution in [2.24, 2.45) is 17.8 Å². The van der Waals surface area contributed by atoms with Gasteiger partial charge in [-0.15, -0.1) is 0 Å². The molecule has 0 radical (unpaired) electrons. The van der Waals surface area contributed by atoms with Gasteiger partial charge in [-0.1, -0.05) is 51.1 Å². The lowest BCUT2D eigenvalue weighted by Crippen LogP contribution is -2.40. The zero-order valence-electron chi connectivity index (χ0n) is 15.5. The van der Waals surface area contributed by atoms with Crippen LogP contribution < -0.4 is 4.90 Å². The van der Waals surface area contributed by atoms with Crippen molar-refractivity contribution in [3.63, 3.8) is 0 Å². The second-order valence-corrected chi connectivity index (χ2v) is 7.83. The molecule has 138 valence electrons. The highest BCUT2D eigenvalue weighted by atomic mass is 16.6. The van der Waals surface area contributed by atoms with Gasteiger partial charge in [-0.25, -0.2) is 0 Å². The maximum Gasteiger partial charge on any atom is 0.312 e. The lowest BCUT2D eigenvalue weighted by atomic mass is 9.77. The molecular formula is C21H25NO4. The number of aryl methyl sites for hydroxylation is 1. The Bertz CT molecular complexity index is 771. The van der Waals surface area contributed by atoms with Crippen molar-refractivity contribution in [2.45, 2.75) is 38.9 Å². The van der Waals surface area contributed by atoms with Gasteiger partial charge in [0.2, 0.25) is 5.91 Å². The standard InChI is InChI=1S/C21H25NO4/c1-4-14-7-5-6-8-15(14)22-12-21-10-9-16(26-21)17(18(21)19(22)23)20(24)25-11-13(2)3/h5-10,13,16-18H,4,11-12H2,1-3H3/t16-,17?,18-,21+/m0/s1. The number of nitrogens with zero attached hydrogens (tertiary/aromatic N) is 1. The molecule has 2 bridgehead atoms. The minimum atomic E-state index is -0.704. The molecule has 0 aliphatic carbocycles. The Morgan fingerprint density at radius 3 is 2.88 bits per heavy atom. The monoisotopic (exact) mass is 355 g/mol. The van der Waals surface area contributed by atoms with Crippen molar-refractivity contribution in [1.29, 1.82) is 0 Å². The van der Waals surface area contributed by atoms with Crippen LogP contribution in [0.25, 0.3) is 0 Å². The van der Waals surface area contributed by atoms with Gasteiger partial charge in [-0.2, -0.15) is 0 Å². The summed E-state index contributed by atoms with van der Waals surface area (Å²) in [5.41, 5.74) is 1.33. The van der Waals surface area contributed by atoms with Crippen molar-refractivity contribution in [3.05, 3.63) is 42.0 Å². The van der Waals surface area contributed by atoms with Crippen molar-refractivity contribution in [3.8, 4) is 0 Å². The summed E-state index contributed by atoms with van der Waals surface area (Å²) in [4.78, 5) is 27.8. The maximum absolute atomic E-state index is 13.3. The third-order valence-corrected chi connectivity index (χ3v) is 5.59. The Morgan fingerprint density at radius 2 is 2.15 bits per heavy atom. The fraction of sp³-hybridized carbons (Fsp3) is 0.524. The van der Waals surface area contributed by atoms with Crippen LogP contribution in [0.15, 0.2) is 36.4 Å². The van der Waals surface area contributed by atoms with Gasteiger partial charge < -0.3 is 14.4 Å². The average molecular weight is 355 g/mol. The molecule has 0 aromatic heterocycles. The first-order valence-corrected chi connectivity index (χ1v) is 9.40. The van der Waals surface area contributed by atoms with Crippen LogP contribution >= 0.6 is 0 Å². The van der Waals surface area contributed by atoms with Gasteiger partial charge in [0, 0.05) is 5.69 Å². The van der Waals surface area contributed by atoms with Crippen molar-refractivity contribution < 1.29 is 19.1 Å². The average Bonchev–Trinajstić information content (AvgIpc) is 3.28. The predicted molar refractivity (Wildman–Crippen MR) is 97.7 cm³/mol. The van der Waals surface area contributed by atoms with E-state index in [-0.39, 0.29) is 23.9 Å². The molecule has 3 aliphatic heterocycles. The fourth-order valence-electron chi connectivity index (χ4n) is 4.39. The predicted octanol–water partition coefficient (Wildman–Crippen LogP) is 2.73. The number of rotatable bonds is 5. The van der Waals surface area contributed by atoms with Gasteiger partial charge in [-0.05, 0) is 24.0 Å². The first-order chi connectivity index (χ1) is 12.5. The van der Waals surface area contributed by atoms with Crippen LogP contribution in [0.4, 0.5) is 5.69 Å². The van der Waals surface area contributed by atoms with E-state index in [9.17, 15) is 9.59 Å². The smallest absolute Gasteiger partial charge is 0.312 e. The molecule has 2 fully saturated rings. The van der Waals surface area contributed by atoms with E-state index in [0.29, 0.717) is 13.2 Å². The number of carbonyl (C=O) groups is 2. The normalized spacial score (nSPS) is 31.8. The van der Waals surface area contributed by atoms with E-state index in [4.69, 9.17) is 9.47 Å². The maximum atomic E-state index is 13.3. The molecule has 5 heteroatoms. The molecule has 2 saturated heterocycles. The first kappa shape index (κ1) is 17.3. The van der Waals surface area contributed by atoms with E-state index >= 15 is 0 Å². The van der Waals surface area contributed by atoms with E-state index in [1.54, 1.807) is 4.90 Å². The lowest BCUT2D eigenvalue weighted by molar-refractivity contribution is -0.153. The van der Waals surface area contributed by atoms with Crippen LogP contribution in [0.3, 0.4) is 0 Å². The van der Waals surface area contributed by atoms with E-state index in [2.05, 4.69) is 6.92 Å². The number of anilines is 1. The van der Waals surface area contributed by atoms with Crippen molar-refractivity contribution >= 4 is 17.6 Å². The summed E-state index contributed by atoms with van der Waals surface area (Å²) in [6, 6.07) is 7.93. The van der Waals surface area contributed by atoms with Gasteiger partial charge in [0.05, 0.1) is 25.2 Å². The number of amides is 1. The molecule has 1 spiro atoms. The van der Waals surface area contributed by atoms with Gasteiger partial charge in [-0.3, -0.25) is 9.59 Å². The van der Waals surface area contributed by atoms with Crippen LogP contribution in [0.1, 0.15) is 26.3 Å². The first-order valence-electron chi connectivity index (χ1n) is 9.40. The second kappa shape index (κ2) is 6.23. The van der Waals surface area contributed by atoms with E-state index in [0.717, 1.165) is 17.7 Å². The Morgan fingerprint density at radius 1 is 1.38 bits per heavy atom. The van der Waals surface area contributed by atoms with E-state index in [1.165, 1.54) is 0 Å². The molecule has 3 aliphatic rings. The lowest BCUT2D eigenvalue weighted by Gasteiger charge is -2.23. The molecule has 1 amide bonds. The molecular weight excluding hydrogens is 330 g/mol. The van der Waals surface area contributed by atoms with Crippen LogP contribution in [0, 0.1) is 17.8 Å². The van der Waals surface area contributed by atoms with Crippen LogP contribution in [-0.4, -0.2) is 36.7 Å². The number of fused-ring (bicyclic) bond motifs is 1. The second-order valence-electron chi connectivity index (χ2n) is 7.83. The van der Waals surface area contributed by atoms with Crippen LogP contribution in [-0.2, 0) is 25.5 Å². The van der Waals surface area contributed by atoms with E-state index in [1.807, 2.05) is 50.3 Å². The highest BCUT2D eigenvalue weighted by Crippen LogP contribution is 2.53. The number of para-hydroxylation sites is 1. The Hall–Kier alpha value is -2.14. The van der Waals surface area contributed by atoms with Crippen LogP contribution in [0.5, 0.6) is 0 Å². The molecule has 4 rings (SSSR count). The zero-order valence-corrected chi connectivity index (χ0v) is 15.5. The molecule has 1 unspecified atom stereocenters. The quantitative estimate of drug-likeness (QED) is 0.602. The zero-order chi connectivity index (χ0) is 18.5.